The van der Waals surface area contributed by atoms with Gasteiger partial charge in [-0.3, -0.25) is 9.78 Å². The molecule has 6 heteroatoms. The minimum atomic E-state index is -0.304. The summed E-state index contributed by atoms with van der Waals surface area (Å²) in [5, 5.41) is 6.10. The molecule has 6 nitrogen and oxygen atoms in total. The topological polar surface area (TPSA) is 94.0 Å². The van der Waals surface area contributed by atoms with E-state index in [2.05, 4.69) is 31.8 Å². The van der Waals surface area contributed by atoms with E-state index in [1.165, 1.54) is 18.7 Å². The highest BCUT2D eigenvalue weighted by atomic mass is 16.5. The molecule has 0 atom stereocenters. The molecule has 1 amide bonds. The average molecular weight is 242 g/mol. The Bertz CT molecular complexity index is 596. The summed E-state index contributed by atoms with van der Waals surface area (Å²) < 4.78 is 4.61. The molecule has 0 spiro atoms. The Kier molecular flexibility index (Phi) is 3.69. The molecule has 2 rings (SSSR count). The summed E-state index contributed by atoms with van der Waals surface area (Å²) in [6, 6.07) is 1.64. The highest BCUT2D eigenvalue weighted by Gasteiger charge is 2.07. The number of carbonyl (C=O) groups is 1. The van der Waals surface area contributed by atoms with Crippen molar-refractivity contribution < 1.29 is 9.32 Å². The molecule has 0 unspecified atom stereocenters. The molecular formula is C12H10N4O2. The molecule has 0 aliphatic rings. The van der Waals surface area contributed by atoms with Gasteiger partial charge in [0.2, 0.25) is 0 Å². The van der Waals surface area contributed by atoms with E-state index < -0.39 is 0 Å². The van der Waals surface area contributed by atoms with Gasteiger partial charge in [0.05, 0.1) is 18.3 Å². The van der Waals surface area contributed by atoms with Gasteiger partial charge in [-0.15, -0.1) is 0 Å². The van der Waals surface area contributed by atoms with E-state index in [0.717, 1.165) is 0 Å². The van der Waals surface area contributed by atoms with Crippen molar-refractivity contribution in [2.24, 2.45) is 5.73 Å². The fourth-order valence-corrected chi connectivity index (χ4v) is 1.26. The average Bonchev–Trinajstić information content (AvgIpc) is 2.89. The maximum atomic E-state index is 11.8. The number of carbonyl (C=O) groups excluding carboxylic acids is 1. The first-order chi connectivity index (χ1) is 8.79. The standard InChI is InChI=1S/C12H10N4O2/c13-3-1-2-9-4-10(6-14-5-9)12(17)16-11-7-15-18-8-11/h4-8H,3,13H2,(H,16,17). The summed E-state index contributed by atoms with van der Waals surface area (Å²) in [4.78, 5) is 15.8. The largest absolute Gasteiger partial charge is 0.363 e. The molecule has 0 aromatic carbocycles. The first-order valence-electron chi connectivity index (χ1n) is 5.14. The maximum Gasteiger partial charge on any atom is 0.257 e. The monoisotopic (exact) mass is 242 g/mol. The number of nitrogens with two attached hydrogens (primary N) is 1. The van der Waals surface area contributed by atoms with Crippen LogP contribution in [-0.2, 0) is 0 Å². The van der Waals surface area contributed by atoms with Crippen LogP contribution >= 0.6 is 0 Å². The molecular weight excluding hydrogens is 232 g/mol. The predicted molar refractivity (Wildman–Crippen MR) is 64.6 cm³/mol. The third kappa shape index (κ3) is 2.93. The van der Waals surface area contributed by atoms with Gasteiger partial charge in [-0.25, -0.2) is 0 Å². The number of pyridine rings is 1. The van der Waals surface area contributed by atoms with Gasteiger partial charge in [-0.2, -0.15) is 0 Å². The van der Waals surface area contributed by atoms with Crippen LogP contribution in [0.1, 0.15) is 15.9 Å². The maximum absolute atomic E-state index is 11.8. The molecule has 2 aromatic rings. The van der Waals surface area contributed by atoms with Crippen molar-refractivity contribution in [3.8, 4) is 11.8 Å². The lowest BCUT2D eigenvalue weighted by molar-refractivity contribution is 0.102. The Balaban J connectivity index is 2.15. The quantitative estimate of drug-likeness (QED) is 0.753. The summed E-state index contributed by atoms with van der Waals surface area (Å²) >= 11 is 0. The minimum absolute atomic E-state index is 0.261. The van der Waals surface area contributed by atoms with E-state index in [-0.39, 0.29) is 12.5 Å². The Hall–Kier alpha value is -2.65. The van der Waals surface area contributed by atoms with Gasteiger partial charge in [0, 0.05) is 18.0 Å². The second-order valence-corrected chi connectivity index (χ2v) is 3.34. The van der Waals surface area contributed by atoms with Gasteiger partial charge in [0.15, 0.2) is 0 Å². The fourth-order valence-electron chi connectivity index (χ4n) is 1.26. The van der Waals surface area contributed by atoms with Gasteiger partial charge in [-0.1, -0.05) is 17.0 Å². The molecule has 90 valence electrons. The third-order valence-corrected chi connectivity index (χ3v) is 2.03. The Morgan fingerprint density at radius 1 is 1.44 bits per heavy atom. The molecule has 2 aromatic heterocycles. The lowest BCUT2D eigenvalue weighted by Crippen LogP contribution is -2.11. The smallest absolute Gasteiger partial charge is 0.257 e. The van der Waals surface area contributed by atoms with Crippen molar-refractivity contribution in [2.45, 2.75) is 0 Å². The normalized spacial score (nSPS) is 9.39. The van der Waals surface area contributed by atoms with Crippen molar-refractivity contribution in [1.29, 1.82) is 0 Å². The number of hydrogen-bond acceptors (Lipinski definition) is 5. The van der Waals surface area contributed by atoms with Crippen LogP contribution < -0.4 is 11.1 Å². The molecule has 18 heavy (non-hydrogen) atoms. The van der Waals surface area contributed by atoms with Gasteiger partial charge in [0.1, 0.15) is 12.0 Å². The summed E-state index contributed by atoms with van der Waals surface area (Å²) in [6.07, 6.45) is 5.77. The van der Waals surface area contributed by atoms with Crippen LogP contribution in [0.2, 0.25) is 0 Å². The molecule has 0 saturated heterocycles. The number of anilines is 1. The second kappa shape index (κ2) is 5.61. The van der Waals surface area contributed by atoms with E-state index >= 15 is 0 Å². The molecule has 3 N–H and O–H groups in total. The van der Waals surface area contributed by atoms with Crippen LogP contribution in [0.25, 0.3) is 0 Å². The molecule has 0 fully saturated rings. The van der Waals surface area contributed by atoms with E-state index in [9.17, 15) is 4.79 Å². The lowest BCUT2D eigenvalue weighted by atomic mass is 10.2. The summed E-state index contributed by atoms with van der Waals surface area (Å²) in [5.41, 5.74) is 6.80. The molecule has 0 saturated carbocycles. The number of nitrogens with one attached hydrogen (secondary N) is 1. The molecule has 0 aliphatic carbocycles. The van der Waals surface area contributed by atoms with E-state index in [4.69, 9.17) is 5.73 Å². The van der Waals surface area contributed by atoms with Crippen LogP contribution in [0.5, 0.6) is 0 Å². The van der Waals surface area contributed by atoms with Crippen molar-refractivity contribution in [3.63, 3.8) is 0 Å². The fraction of sp³-hybridized carbons (Fsp3) is 0.0833. The second-order valence-electron chi connectivity index (χ2n) is 3.34. The highest BCUT2D eigenvalue weighted by molar-refractivity contribution is 6.04. The van der Waals surface area contributed by atoms with E-state index in [1.807, 2.05) is 0 Å². The van der Waals surface area contributed by atoms with Gasteiger partial charge in [-0.05, 0) is 6.07 Å². The third-order valence-electron chi connectivity index (χ3n) is 2.03. The Morgan fingerprint density at radius 3 is 3.06 bits per heavy atom. The number of rotatable bonds is 2. The van der Waals surface area contributed by atoms with Crippen LogP contribution in [0, 0.1) is 11.8 Å². The molecule has 0 bridgehead atoms. The number of hydrogen-bond donors (Lipinski definition) is 2. The van der Waals surface area contributed by atoms with Crippen LogP contribution in [0.15, 0.2) is 35.4 Å². The highest BCUT2D eigenvalue weighted by Crippen LogP contribution is 2.08. The zero-order valence-corrected chi connectivity index (χ0v) is 9.38. The number of aromatic nitrogens is 2. The zero-order chi connectivity index (χ0) is 12.8. The molecule has 2 heterocycles. The predicted octanol–water partition coefficient (Wildman–Crippen LogP) is 0.632. The van der Waals surface area contributed by atoms with Crippen LogP contribution in [-0.4, -0.2) is 22.6 Å². The van der Waals surface area contributed by atoms with E-state index in [1.54, 1.807) is 12.3 Å². The minimum Gasteiger partial charge on any atom is -0.363 e. The van der Waals surface area contributed by atoms with Crippen LogP contribution in [0.4, 0.5) is 5.69 Å². The molecule has 0 radical (unpaired) electrons. The summed E-state index contributed by atoms with van der Waals surface area (Å²) in [6.45, 7) is 0.261. The summed E-state index contributed by atoms with van der Waals surface area (Å²) in [7, 11) is 0. The summed E-state index contributed by atoms with van der Waals surface area (Å²) in [5.74, 6) is 5.20. The van der Waals surface area contributed by atoms with Crippen LogP contribution in [0.3, 0.4) is 0 Å². The number of nitrogens with zero attached hydrogens (tertiary/aromatic N) is 2. The first-order valence-corrected chi connectivity index (χ1v) is 5.14. The van der Waals surface area contributed by atoms with Gasteiger partial charge in [0.25, 0.3) is 5.91 Å². The van der Waals surface area contributed by atoms with Crippen molar-refractivity contribution >= 4 is 11.6 Å². The number of amides is 1. The Labute approximate surface area is 103 Å². The van der Waals surface area contributed by atoms with Crippen molar-refractivity contribution in [2.75, 3.05) is 11.9 Å². The zero-order valence-electron chi connectivity index (χ0n) is 9.38. The molecule has 0 aliphatic heterocycles. The van der Waals surface area contributed by atoms with Gasteiger partial charge < -0.3 is 15.6 Å². The Morgan fingerprint density at radius 2 is 2.33 bits per heavy atom. The van der Waals surface area contributed by atoms with Crippen molar-refractivity contribution in [1.82, 2.24) is 10.1 Å². The SMILES string of the molecule is NCC#Cc1cncc(C(=O)Nc2cnoc2)c1. The van der Waals surface area contributed by atoms with Gasteiger partial charge >= 0.3 is 0 Å². The van der Waals surface area contributed by atoms with E-state index in [0.29, 0.717) is 16.8 Å². The lowest BCUT2D eigenvalue weighted by Gasteiger charge is -2.01. The first kappa shape index (κ1) is 11.8. The van der Waals surface area contributed by atoms with Crippen molar-refractivity contribution in [3.05, 3.63) is 42.0 Å².